The number of esters is 1. The van der Waals surface area contributed by atoms with Crippen LogP contribution in [0, 0.1) is 0 Å². The third-order valence-electron chi connectivity index (χ3n) is 9.11. The predicted molar refractivity (Wildman–Crippen MR) is 230 cm³/mol. The van der Waals surface area contributed by atoms with E-state index in [0.717, 1.165) is 22.7 Å². The van der Waals surface area contributed by atoms with E-state index in [0.29, 0.717) is 11.1 Å². The van der Waals surface area contributed by atoms with Gasteiger partial charge in [-0.05, 0) is 25.0 Å². The highest BCUT2D eigenvalue weighted by Crippen LogP contribution is 2.42. The van der Waals surface area contributed by atoms with Crippen LogP contribution in [0.5, 0.6) is 0 Å². The molecule has 0 aromatic carbocycles. The van der Waals surface area contributed by atoms with Crippen molar-refractivity contribution in [3.8, 4) is 0 Å². The van der Waals surface area contributed by atoms with Gasteiger partial charge < -0.3 is 49.7 Å². The molecule has 2 fully saturated rings. The standard InChI is InChI=1S/C36H42N10O14S4/c1-14(2)58-36(53)60-15(3)59-33(52)25-17(9-55-5)11-62-32-23(30(51)46(25)32)41-27(48)21(44-57-7)19-13-64-35(39-19)42-28(49)24-16(8-54-4)10-61-31-22(29(50)45(24)31)40-26(47)20(43-56-6)18-12-63-34(37)38-18/h12-15,22-23,31-32H,8-11H2,1-7H3,(H2,37,38)(H,40,47)(H,41,48)(H,39,42,49)/b43-20-,44-21-/t15?,22?,23-,31-,32-/m0/s1. The van der Waals surface area contributed by atoms with Gasteiger partial charge >= 0.3 is 12.1 Å². The molecule has 6 heterocycles. The molecule has 5 N–H and O–H groups in total. The molecule has 2 aromatic rings. The molecule has 0 spiro atoms. The van der Waals surface area contributed by atoms with Crippen LogP contribution in [-0.4, -0.2) is 161 Å². The fourth-order valence-corrected chi connectivity index (χ4v) is 10.4. The summed E-state index contributed by atoms with van der Waals surface area (Å²) in [5, 5.41) is 17.3. The van der Waals surface area contributed by atoms with Crippen molar-refractivity contribution in [2.75, 3.05) is 64.2 Å². The number of carbonyl (C=O) groups is 7. The Morgan fingerprint density at radius 3 is 1.78 bits per heavy atom. The zero-order valence-electron chi connectivity index (χ0n) is 35.1. The minimum absolute atomic E-state index is 0.000893. The molecule has 4 aliphatic rings. The highest BCUT2D eigenvalue weighted by Gasteiger charge is 2.56. The Hall–Kier alpha value is -5.81. The van der Waals surface area contributed by atoms with Gasteiger partial charge in [0.05, 0.1) is 19.3 Å². The van der Waals surface area contributed by atoms with E-state index >= 15 is 0 Å². The van der Waals surface area contributed by atoms with Crippen molar-refractivity contribution in [3.05, 3.63) is 44.7 Å². The molecule has 2 aromatic heterocycles. The van der Waals surface area contributed by atoms with Gasteiger partial charge in [-0.15, -0.1) is 46.2 Å². The van der Waals surface area contributed by atoms with E-state index in [1.54, 1.807) is 13.8 Å². The number of nitrogens with zero attached hydrogens (tertiary/aromatic N) is 6. The van der Waals surface area contributed by atoms with Crippen molar-refractivity contribution in [1.82, 2.24) is 30.4 Å². The number of nitrogens with one attached hydrogen (secondary N) is 3. The number of carbonyl (C=O) groups excluding carboxylic acids is 7. The average molecular weight is 967 g/mol. The first-order valence-electron chi connectivity index (χ1n) is 18.8. The summed E-state index contributed by atoms with van der Waals surface area (Å²) < 4.78 is 25.8. The number of ether oxygens (including phenoxy) is 5. The van der Waals surface area contributed by atoms with E-state index in [1.807, 2.05) is 0 Å². The number of nitrogen functional groups attached to an aromatic ring is 1. The number of nitrogens with two attached hydrogens (primary N) is 1. The summed E-state index contributed by atoms with van der Waals surface area (Å²) in [5.74, 6) is -4.01. The van der Waals surface area contributed by atoms with Crippen molar-refractivity contribution in [1.29, 1.82) is 0 Å². The summed E-state index contributed by atoms with van der Waals surface area (Å²) in [4.78, 5) is 114. The number of fused-ring (bicyclic) bond motifs is 2. The largest absolute Gasteiger partial charge is 0.511 e. The first kappa shape index (κ1) is 47.7. The molecule has 5 amide bonds. The maximum absolute atomic E-state index is 13.9. The normalized spacial score (nSPS) is 21.2. The molecule has 64 heavy (non-hydrogen) atoms. The monoisotopic (exact) mass is 966 g/mol. The van der Waals surface area contributed by atoms with E-state index in [2.05, 4.69) is 36.2 Å². The molecule has 6 rings (SSSR count). The van der Waals surface area contributed by atoms with Crippen LogP contribution in [0.4, 0.5) is 15.1 Å². The number of aromatic nitrogens is 2. The minimum atomic E-state index is -1.37. The highest BCUT2D eigenvalue weighted by molar-refractivity contribution is 8.00. The van der Waals surface area contributed by atoms with Gasteiger partial charge in [-0.2, -0.15) is 0 Å². The van der Waals surface area contributed by atoms with Gasteiger partial charge in [0, 0.05) is 43.4 Å². The molecule has 0 bridgehead atoms. The number of β-lactam (4-membered cyclic amide) rings is 2. The predicted octanol–water partition coefficient (Wildman–Crippen LogP) is 0.573. The number of amides is 5. The van der Waals surface area contributed by atoms with Crippen LogP contribution in [0.15, 0.2) is 43.6 Å². The van der Waals surface area contributed by atoms with Crippen molar-refractivity contribution < 1.29 is 66.9 Å². The number of rotatable bonds is 18. The second-order valence-electron chi connectivity index (χ2n) is 13.8. The van der Waals surface area contributed by atoms with Crippen LogP contribution in [0.1, 0.15) is 32.2 Å². The third-order valence-corrected chi connectivity index (χ3v) is 13.2. The Bertz CT molecular complexity index is 2330. The first-order chi connectivity index (χ1) is 30.6. The van der Waals surface area contributed by atoms with Crippen LogP contribution < -0.4 is 21.7 Å². The Kier molecular flexibility index (Phi) is 15.5. The molecule has 28 heteroatoms. The molecule has 0 aliphatic carbocycles. The smallest absolute Gasteiger partial charge is 0.431 e. The molecule has 4 aliphatic heterocycles. The number of oxime groups is 2. The number of thiazole rings is 2. The van der Waals surface area contributed by atoms with Crippen LogP contribution >= 0.6 is 46.2 Å². The van der Waals surface area contributed by atoms with E-state index in [9.17, 15) is 33.6 Å². The molecule has 344 valence electrons. The number of hydrogen-bond acceptors (Lipinski definition) is 23. The van der Waals surface area contributed by atoms with E-state index in [1.165, 1.54) is 79.4 Å². The van der Waals surface area contributed by atoms with Crippen LogP contribution in [0.25, 0.3) is 0 Å². The van der Waals surface area contributed by atoms with Gasteiger partial charge in [0.1, 0.15) is 59.8 Å². The molecule has 0 saturated carbocycles. The number of thioether (sulfide) groups is 2. The van der Waals surface area contributed by atoms with Gasteiger partial charge in [-0.3, -0.25) is 39.1 Å². The van der Waals surface area contributed by atoms with E-state index in [-0.39, 0.29) is 69.2 Å². The second kappa shape index (κ2) is 20.8. The first-order valence-corrected chi connectivity index (χ1v) is 22.7. The van der Waals surface area contributed by atoms with Gasteiger partial charge in [0.15, 0.2) is 21.7 Å². The van der Waals surface area contributed by atoms with Gasteiger partial charge in [0.25, 0.3) is 29.5 Å². The van der Waals surface area contributed by atoms with E-state index in [4.69, 9.17) is 39.1 Å². The molecule has 5 atom stereocenters. The second-order valence-corrected chi connectivity index (χ2v) is 17.8. The Morgan fingerprint density at radius 2 is 1.28 bits per heavy atom. The quantitative estimate of drug-likeness (QED) is 0.0522. The van der Waals surface area contributed by atoms with Crippen molar-refractivity contribution in [2.45, 2.75) is 56.0 Å². The van der Waals surface area contributed by atoms with Crippen LogP contribution in [0.3, 0.4) is 0 Å². The Morgan fingerprint density at radius 1 is 0.766 bits per heavy atom. The van der Waals surface area contributed by atoms with Crippen molar-refractivity contribution in [2.24, 2.45) is 10.3 Å². The summed E-state index contributed by atoms with van der Waals surface area (Å²) in [6.45, 7) is 4.54. The molecule has 2 unspecified atom stereocenters. The van der Waals surface area contributed by atoms with Crippen molar-refractivity contribution >= 4 is 110 Å². The third kappa shape index (κ3) is 10.1. The zero-order chi connectivity index (χ0) is 46.4. The molecule has 2 saturated heterocycles. The fraction of sp³-hybridized carbons (Fsp3) is 0.472. The minimum Gasteiger partial charge on any atom is -0.431 e. The van der Waals surface area contributed by atoms with Crippen molar-refractivity contribution in [3.63, 3.8) is 0 Å². The molecular formula is C36H42N10O14S4. The Balaban J connectivity index is 1.12. The zero-order valence-corrected chi connectivity index (χ0v) is 38.3. The summed E-state index contributed by atoms with van der Waals surface area (Å²) in [6, 6.07) is -2.16. The number of hydrogen-bond donors (Lipinski definition) is 4. The molecular weight excluding hydrogens is 925 g/mol. The molecule has 24 nitrogen and oxygen atoms in total. The number of anilines is 2. The summed E-state index contributed by atoms with van der Waals surface area (Å²) in [7, 11) is 5.30. The van der Waals surface area contributed by atoms with Gasteiger partial charge in [-0.25, -0.2) is 19.6 Å². The maximum atomic E-state index is 13.9. The molecule has 0 radical (unpaired) electrons. The van der Waals surface area contributed by atoms with Crippen LogP contribution in [-0.2, 0) is 62.1 Å². The topological polar surface area (TPSA) is 303 Å². The summed E-state index contributed by atoms with van der Waals surface area (Å²) in [6.07, 6.45) is -2.89. The Labute approximate surface area is 380 Å². The van der Waals surface area contributed by atoms with Gasteiger partial charge in [0.2, 0.25) is 6.29 Å². The fourth-order valence-electron chi connectivity index (χ4n) is 6.53. The summed E-state index contributed by atoms with van der Waals surface area (Å²) in [5.41, 5.74) is 6.12. The lowest BCUT2D eigenvalue weighted by Gasteiger charge is -2.49. The number of methoxy groups -OCH3 is 2. The average Bonchev–Trinajstić information content (AvgIpc) is 3.90. The maximum Gasteiger partial charge on any atom is 0.511 e. The lowest BCUT2D eigenvalue weighted by molar-refractivity contribution is -0.169. The van der Waals surface area contributed by atoms with E-state index < -0.39 is 76.9 Å². The highest BCUT2D eigenvalue weighted by atomic mass is 32.2. The lowest BCUT2D eigenvalue weighted by Crippen LogP contribution is -2.71. The summed E-state index contributed by atoms with van der Waals surface area (Å²) >= 11 is 4.60. The van der Waals surface area contributed by atoms with Crippen LogP contribution in [0.2, 0.25) is 0 Å². The van der Waals surface area contributed by atoms with Gasteiger partial charge in [-0.1, -0.05) is 10.3 Å². The SMILES string of the molecule is COCC1=C(C(=O)Nc2nc(/C(=N/OC)C(=O)N[C@H]3C(=O)N4C(C(=O)OC(C)OC(=O)OC(C)C)=C(COC)CS[C@@H]34)cs2)N2C(=O)C(NC(=O)/C(=N\OC)c3csc(N)n3)[C@@H]2SC1. The lowest BCUT2D eigenvalue weighted by atomic mass is 10.0.